The third kappa shape index (κ3) is 6.06. The van der Waals surface area contributed by atoms with Crippen LogP contribution >= 0.6 is 46.4 Å². The number of benzene rings is 1. The first-order chi connectivity index (χ1) is 8.82. The Morgan fingerprint density at radius 2 is 2.11 bits per heavy atom. The summed E-state index contributed by atoms with van der Waals surface area (Å²) in [7, 11) is 0. The van der Waals surface area contributed by atoms with Gasteiger partial charge in [-0.1, -0.05) is 52.5 Å². The summed E-state index contributed by atoms with van der Waals surface area (Å²) in [5.41, 5.74) is 0.456. The zero-order chi connectivity index (χ0) is 14.5. The van der Waals surface area contributed by atoms with Crippen LogP contribution in [0.5, 0.6) is 0 Å². The van der Waals surface area contributed by atoms with Crippen molar-refractivity contribution in [2.45, 2.75) is 17.0 Å². The van der Waals surface area contributed by atoms with E-state index in [9.17, 15) is 4.79 Å². The predicted octanol–water partition coefficient (Wildman–Crippen LogP) is 4.62. The van der Waals surface area contributed by atoms with Gasteiger partial charge in [-0.05, 0) is 25.1 Å². The highest BCUT2D eigenvalue weighted by Gasteiger charge is 2.37. The van der Waals surface area contributed by atoms with Gasteiger partial charge in [0.05, 0.1) is 0 Å². The van der Waals surface area contributed by atoms with Crippen molar-refractivity contribution >= 4 is 58.2 Å². The third-order valence-electron chi connectivity index (χ3n) is 1.87. The molecule has 0 saturated carbocycles. The van der Waals surface area contributed by atoms with Gasteiger partial charge >= 0.3 is 6.09 Å². The summed E-state index contributed by atoms with van der Waals surface area (Å²) in [4.78, 5) is 11.6. The van der Waals surface area contributed by atoms with Crippen molar-refractivity contribution in [3.63, 3.8) is 0 Å². The maximum absolute atomic E-state index is 11.6. The highest BCUT2D eigenvalue weighted by Crippen LogP contribution is 2.33. The Bertz CT molecular complexity index is 436. The lowest BCUT2D eigenvalue weighted by molar-refractivity contribution is -0.0926. The predicted molar refractivity (Wildman–Crippen MR) is 77.3 cm³/mol. The largest absolute Gasteiger partial charge is 0.415 e. The van der Waals surface area contributed by atoms with E-state index in [-0.39, 0.29) is 6.61 Å². The van der Waals surface area contributed by atoms with Crippen molar-refractivity contribution in [3.05, 3.63) is 29.3 Å². The van der Waals surface area contributed by atoms with E-state index in [2.05, 4.69) is 5.32 Å². The first kappa shape index (κ1) is 16.7. The van der Waals surface area contributed by atoms with Crippen LogP contribution in [0.2, 0.25) is 5.02 Å². The quantitative estimate of drug-likeness (QED) is 0.639. The minimum atomic E-state index is -1.87. The lowest BCUT2D eigenvalue weighted by Crippen LogP contribution is -2.35. The number of hydrogen-bond acceptors (Lipinski definition) is 3. The van der Waals surface area contributed by atoms with Crippen LogP contribution in [0.3, 0.4) is 0 Å². The Morgan fingerprint density at radius 1 is 1.42 bits per heavy atom. The SMILES string of the molecule is CCOC(OC(=O)Nc1cccc(Cl)c1)C(Cl)(Cl)Cl. The topological polar surface area (TPSA) is 47.6 Å². The first-order valence-electron chi connectivity index (χ1n) is 5.24. The van der Waals surface area contributed by atoms with Crippen molar-refractivity contribution in [2.75, 3.05) is 11.9 Å². The van der Waals surface area contributed by atoms with Crippen molar-refractivity contribution in [1.82, 2.24) is 0 Å². The summed E-state index contributed by atoms with van der Waals surface area (Å²) >= 11 is 22.7. The average molecular weight is 347 g/mol. The van der Waals surface area contributed by atoms with Gasteiger partial charge in [-0.3, -0.25) is 5.32 Å². The smallest absolute Gasteiger partial charge is 0.414 e. The summed E-state index contributed by atoms with van der Waals surface area (Å²) < 4.78 is 8.05. The summed E-state index contributed by atoms with van der Waals surface area (Å²) in [5.74, 6) is 0. The third-order valence-corrected chi connectivity index (χ3v) is 2.64. The molecule has 0 saturated heterocycles. The van der Waals surface area contributed by atoms with Crippen LogP contribution in [-0.2, 0) is 9.47 Å². The van der Waals surface area contributed by atoms with E-state index in [1.165, 1.54) is 0 Å². The molecular formula is C11H11Cl4NO3. The molecular weight excluding hydrogens is 336 g/mol. The molecule has 1 unspecified atom stereocenters. The number of alkyl halides is 3. The highest BCUT2D eigenvalue weighted by molar-refractivity contribution is 6.68. The molecule has 4 nitrogen and oxygen atoms in total. The molecule has 0 aliphatic rings. The molecule has 0 fully saturated rings. The molecule has 1 atom stereocenters. The molecule has 0 bridgehead atoms. The van der Waals surface area contributed by atoms with Gasteiger partial charge in [0, 0.05) is 17.3 Å². The number of amides is 1. The van der Waals surface area contributed by atoms with Gasteiger partial charge in [0.2, 0.25) is 0 Å². The summed E-state index contributed by atoms with van der Waals surface area (Å²) in [6.07, 6.45) is -2.12. The van der Waals surface area contributed by atoms with Gasteiger partial charge in [0.15, 0.2) is 0 Å². The Labute approximate surface area is 130 Å². The Hall–Kier alpha value is -0.390. The second-order valence-electron chi connectivity index (χ2n) is 3.37. The van der Waals surface area contributed by atoms with E-state index in [0.29, 0.717) is 10.7 Å². The van der Waals surface area contributed by atoms with Crippen LogP contribution in [0.25, 0.3) is 0 Å². The number of anilines is 1. The molecule has 1 amide bonds. The molecule has 1 rings (SSSR count). The van der Waals surface area contributed by atoms with Crippen LogP contribution in [0.4, 0.5) is 10.5 Å². The second kappa shape index (κ2) is 7.41. The Kier molecular flexibility index (Phi) is 6.50. The van der Waals surface area contributed by atoms with Gasteiger partial charge in [0.25, 0.3) is 10.1 Å². The van der Waals surface area contributed by atoms with E-state index in [0.717, 1.165) is 0 Å². The van der Waals surface area contributed by atoms with E-state index in [1.54, 1.807) is 31.2 Å². The number of halogens is 4. The number of carbonyl (C=O) groups is 1. The normalized spacial score (nSPS) is 12.9. The minimum absolute atomic E-state index is 0.225. The standard InChI is InChI=1S/C11H11Cl4NO3/c1-2-18-9(11(13,14)15)19-10(17)16-8-5-3-4-7(12)6-8/h3-6,9H,2H2,1H3,(H,16,17). The van der Waals surface area contributed by atoms with Crippen molar-refractivity contribution < 1.29 is 14.3 Å². The number of carbonyl (C=O) groups excluding carboxylic acids is 1. The molecule has 0 aliphatic heterocycles. The maximum atomic E-state index is 11.6. The molecule has 19 heavy (non-hydrogen) atoms. The minimum Gasteiger partial charge on any atom is -0.415 e. The lowest BCUT2D eigenvalue weighted by Gasteiger charge is -2.23. The Morgan fingerprint density at radius 3 is 2.63 bits per heavy atom. The molecule has 0 aromatic heterocycles. The zero-order valence-electron chi connectivity index (χ0n) is 9.83. The molecule has 0 aliphatic carbocycles. The van der Waals surface area contributed by atoms with E-state index in [1.807, 2.05) is 0 Å². The van der Waals surface area contributed by atoms with Gasteiger partial charge in [-0.15, -0.1) is 0 Å². The summed E-state index contributed by atoms with van der Waals surface area (Å²) in [6, 6.07) is 6.53. The van der Waals surface area contributed by atoms with Crippen molar-refractivity contribution in [3.8, 4) is 0 Å². The van der Waals surface area contributed by atoms with Gasteiger partial charge in [-0.25, -0.2) is 4.79 Å². The van der Waals surface area contributed by atoms with Crippen LogP contribution in [0, 0.1) is 0 Å². The zero-order valence-corrected chi connectivity index (χ0v) is 12.9. The highest BCUT2D eigenvalue weighted by atomic mass is 35.6. The van der Waals surface area contributed by atoms with Gasteiger partial charge < -0.3 is 9.47 Å². The summed E-state index contributed by atoms with van der Waals surface area (Å²) in [5, 5.41) is 2.91. The van der Waals surface area contributed by atoms with Crippen LogP contribution in [0.1, 0.15) is 6.92 Å². The number of hydrogen-bond donors (Lipinski definition) is 1. The van der Waals surface area contributed by atoms with Crippen molar-refractivity contribution in [1.29, 1.82) is 0 Å². The maximum Gasteiger partial charge on any atom is 0.414 e. The number of rotatable bonds is 4. The van der Waals surface area contributed by atoms with Crippen LogP contribution in [-0.4, -0.2) is 22.8 Å². The molecule has 106 valence electrons. The average Bonchev–Trinajstić information content (AvgIpc) is 2.27. The van der Waals surface area contributed by atoms with Crippen molar-refractivity contribution in [2.24, 2.45) is 0 Å². The second-order valence-corrected chi connectivity index (χ2v) is 6.17. The molecule has 1 aromatic rings. The van der Waals surface area contributed by atoms with E-state index in [4.69, 9.17) is 55.9 Å². The van der Waals surface area contributed by atoms with E-state index >= 15 is 0 Å². The number of nitrogens with one attached hydrogen (secondary N) is 1. The molecule has 0 heterocycles. The lowest BCUT2D eigenvalue weighted by atomic mass is 10.3. The van der Waals surface area contributed by atoms with Gasteiger partial charge in [-0.2, -0.15) is 0 Å². The van der Waals surface area contributed by atoms with Crippen LogP contribution < -0.4 is 5.32 Å². The molecule has 0 spiro atoms. The molecule has 0 radical (unpaired) electrons. The first-order valence-corrected chi connectivity index (χ1v) is 6.75. The fourth-order valence-corrected chi connectivity index (χ4v) is 1.67. The monoisotopic (exact) mass is 345 g/mol. The number of ether oxygens (including phenoxy) is 2. The van der Waals surface area contributed by atoms with E-state index < -0.39 is 16.2 Å². The van der Waals surface area contributed by atoms with Gasteiger partial charge in [0.1, 0.15) is 0 Å². The fraction of sp³-hybridized carbons (Fsp3) is 0.364. The molecule has 1 aromatic carbocycles. The summed E-state index contributed by atoms with van der Waals surface area (Å²) in [6.45, 7) is 1.91. The van der Waals surface area contributed by atoms with Crippen LogP contribution in [0.15, 0.2) is 24.3 Å². The molecule has 8 heteroatoms. The Balaban J connectivity index is 2.63. The molecule has 1 N–H and O–H groups in total. The fourth-order valence-electron chi connectivity index (χ4n) is 1.16.